The number of nitrogens with one attached hydrogen (secondary N) is 1. The lowest BCUT2D eigenvalue weighted by Crippen LogP contribution is -2.53. The van der Waals surface area contributed by atoms with E-state index in [1.165, 1.54) is 26.3 Å². The normalized spacial score (nSPS) is 17.2. The van der Waals surface area contributed by atoms with E-state index in [1.807, 2.05) is 0 Å². The van der Waals surface area contributed by atoms with Crippen molar-refractivity contribution in [3.05, 3.63) is 11.1 Å². The fraction of sp³-hybridized carbons (Fsp3) is 0.600. The Balaban J connectivity index is 2.75. The van der Waals surface area contributed by atoms with E-state index >= 15 is 0 Å². The summed E-state index contributed by atoms with van der Waals surface area (Å²) in [6.07, 6.45) is -1.08. The minimum absolute atomic E-state index is 0.0923. The van der Waals surface area contributed by atoms with Crippen molar-refractivity contribution in [2.45, 2.75) is 52.2 Å². The summed E-state index contributed by atoms with van der Waals surface area (Å²) in [5, 5.41) is 11.3. The minimum Gasteiger partial charge on any atom is -0.481 e. The third kappa shape index (κ3) is 7.35. The molecule has 0 aromatic rings. The van der Waals surface area contributed by atoms with Gasteiger partial charge in [-0.25, -0.2) is 20.1 Å². The Kier molecular flexibility index (Phi) is 7.09. The summed E-state index contributed by atoms with van der Waals surface area (Å²) in [7, 11) is 0.247. The van der Waals surface area contributed by atoms with E-state index in [4.69, 9.17) is 20.4 Å². The zero-order valence-corrected chi connectivity index (χ0v) is 16.9. The third-order valence-electron chi connectivity index (χ3n) is 2.87. The number of aliphatic carboxylic acids is 1. The Hall–Kier alpha value is -2.47. The van der Waals surface area contributed by atoms with E-state index in [-0.39, 0.29) is 17.3 Å². The molecule has 0 saturated carbocycles. The second-order valence-electron chi connectivity index (χ2n) is 7.10. The summed E-state index contributed by atoms with van der Waals surface area (Å²) in [6, 6.07) is 0. The van der Waals surface area contributed by atoms with Crippen LogP contribution in [0.15, 0.2) is 20.6 Å². The van der Waals surface area contributed by atoms with Crippen LogP contribution in [0, 0.1) is 0 Å². The lowest BCUT2D eigenvalue weighted by atomic mass is 10.1. The number of rotatable bonds is 5. The average Bonchev–Trinajstić information content (AvgIpc) is 2.81. The lowest BCUT2D eigenvalue weighted by molar-refractivity contribution is -0.155. The molecule has 4 N–H and O–H groups in total. The van der Waals surface area contributed by atoms with Gasteiger partial charge in [0.15, 0.2) is 10.8 Å². The van der Waals surface area contributed by atoms with E-state index in [9.17, 15) is 14.4 Å². The number of carboxylic acid groups (broad SMARTS) is 1. The van der Waals surface area contributed by atoms with Crippen LogP contribution >= 0.6 is 0 Å². The fourth-order valence-electron chi connectivity index (χ4n) is 1.76. The number of amidine groups is 1. The molecule has 0 aromatic heterocycles. The number of carboxylic acids is 1. The number of likely N-dealkylation sites (N-methyl/N-ethyl adjacent to an activating group) is 1. The highest BCUT2D eigenvalue weighted by molar-refractivity contribution is 8.05. The van der Waals surface area contributed by atoms with Crippen LogP contribution in [-0.2, 0) is 29.9 Å². The van der Waals surface area contributed by atoms with Gasteiger partial charge in [0.25, 0.3) is 5.91 Å². The average molecular weight is 403 g/mol. The molecule has 1 aliphatic heterocycles. The number of nitrogens with two attached hydrogens (primary N) is 1. The Morgan fingerprint density at radius 3 is 2.44 bits per heavy atom. The Morgan fingerprint density at radius 2 is 1.93 bits per heavy atom. The first-order valence-electron chi connectivity index (χ1n) is 7.88. The van der Waals surface area contributed by atoms with Gasteiger partial charge in [0.05, 0.1) is 12.1 Å². The summed E-state index contributed by atoms with van der Waals surface area (Å²) < 4.78 is 8.96. The van der Waals surface area contributed by atoms with Gasteiger partial charge in [-0.15, -0.1) is 0 Å². The maximum atomic E-state index is 12.5. The summed E-state index contributed by atoms with van der Waals surface area (Å²) in [4.78, 5) is 44.2. The largest absolute Gasteiger partial charge is 0.481 e. The van der Waals surface area contributed by atoms with Gasteiger partial charge in [-0.1, -0.05) is 4.53 Å². The molecule has 1 heterocycles. The molecule has 152 valence electrons. The van der Waals surface area contributed by atoms with Crippen LogP contribution in [0.2, 0.25) is 0 Å². The number of aliphatic imine (C=N–C) groups is 1. The van der Waals surface area contributed by atoms with Crippen LogP contribution in [0.25, 0.3) is 0 Å². The molecule has 0 fully saturated rings. The maximum Gasteiger partial charge on any atom is 0.426 e. The molecular formula is C15H25N5O6S. The van der Waals surface area contributed by atoms with Gasteiger partial charge in [-0.3, -0.25) is 14.6 Å². The number of ether oxygens (including phenoxy) is 1. The maximum absolute atomic E-state index is 12.5. The van der Waals surface area contributed by atoms with Crippen molar-refractivity contribution in [1.29, 1.82) is 0 Å². The van der Waals surface area contributed by atoms with Crippen LogP contribution in [0.5, 0.6) is 0 Å². The first-order valence-corrected chi connectivity index (χ1v) is 9.12. The zero-order chi connectivity index (χ0) is 21.0. The smallest absolute Gasteiger partial charge is 0.426 e. The second kappa shape index (κ2) is 8.48. The van der Waals surface area contributed by atoms with E-state index in [0.717, 1.165) is 5.01 Å². The Morgan fingerprint density at radius 1 is 1.33 bits per heavy atom. The standard InChI is InChI=1S/C15H25N5O6S/c1-14(2,3)25-13(24)18-20(6)11(23)15(4,5)26-19-27-8-9(7-10(21)22)17-12(27)16/h8H,7H2,1-6H3,(H2,16,17)(H,18,24)(H,21,22). The van der Waals surface area contributed by atoms with Gasteiger partial charge in [0.1, 0.15) is 5.60 Å². The number of hydrazine groups is 1. The van der Waals surface area contributed by atoms with E-state index in [1.54, 1.807) is 20.8 Å². The van der Waals surface area contributed by atoms with Crippen molar-refractivity contribution in [2.24, 2.45) is 15.3 Å². The van der Waals surface area contributed by atoms with Crippen LogP contribution < -0.4 is 11.2 Å². The monoisotopic (exact) mass is 403 g/mol. The van der Waals surface area contributed by atoms with Crippen molar-refractivity contribution < 1.29 is 29.1 Å². The molecule has 11 nitrogen and oxygen atoms in total. The Bertz CT molecular complexity index is 723. The molecule has 0 spiro atoms. The van der Waals surface area contributed by atoms with Gasteiger partial charge in [-0.2, -0.15) is 0 Å². The number of amides is 2. The van der Waals surface area contributed by atoms with Crippen LogP contribution in [0.1, 0.15) is 41.0 Å². The Labute approximate surface area is 159 Å². The summed E-state index contributed by atoms with van der Waals surface area (Å²) in [6.45, 7) is 8.00. The molecule has 0 aliphatic carbocycles. The second-order valence-corrected chi connectivity index (χ2v) is 8.53. The summed E-state index contributed by atoms with van der Waals surface area (Å²) in [5.41, 5.74) is 6.12. The predicted octanol–water partition coefficient (Wildman–Crippen LogP) is 1.04. The molecule has 1 atom stereocenters. The van der Waals surface area contributed by atoms with Gasteiger partial charge < -0.3 is 15.6 Å². The minimum atomic E-state index is -1.43. The van der Waals surface area contributed by atoms with Crippen molar-refractivity contribution in [3.8, 4) is 0 Å². The topological polar surface area (TPSA) is 156 Å². The predicted molar refractivity (Wildman–Crippen MR) is 99.1 cm³/mol. The van der Waals surface area contributed by atoms with E-state index in [2.05, 4.69) is 14.9 Å². The molecule has 27 heavy (non-hydrogen) atoms. The van der Waals surface area contributed by atoms with E-state index in [0.29, 0.717) is 0 Å². The molecule has 0 saturated heterocycles. The first-order chi connectivity index (χ1) is 12.2. The summed E-state index contributed by atoms with van der Waals surface area (Å²) >= 11 is 0. The van der Waals surface area contributed by atoms with Crippen LogP contribution in [0.4, 0.5) is 4.79 Å². The van der Waals surface area contributed by atoms with Gasteiger partial charge >= 0.3 is 12.1 Å². The number of hydrogen-bond acceptors (Lipinski definition) is 8. The van der Waals surface area contributed by atoms with Crippen LogP contribution in [-0.4, -0.2) is 51.5 Å². The molecule has 2 amide bonds. The molecule has 0 aromatic carbocycles. The van der Waals surface area contributed by atoms with Gasteiger partial charge in [0.2, 0.25) is 0 Å². The van der Waals surface area contributed by atoms with Crippen molar-refractivity contribution in [3.63, 3.8) is 0 Å². The molecule has 0 radical (unpaired) electrons. The van der Waals surface area contributed by atoms with E-state index < -0.39 is 39.9 Å². The molecule has 0 bridgehead atoms. The fourth-order valence-corrected chi connectivity index (χ4v) is 2.88. The zero-order valence-electron chi connectivity index (χ0n) is 16.1. The number of carbonyl (C=O) groups is 3. The number of carbonyl (C=O) groups excluding carboxylic acids is 2. The third-order valence-corrected chi connectivity index (χ3v) is 4.12. The molecule has 12 heteroatoms. The highest BCUT2D eigenvalue weighted by Gasteiger charge is 2.34. The van der Waals surface area contributed by atoms with Crippen LogP contribution in [0.3, 0.4) is 0 Å². The van der Waals surface area contributed by atoms with Crippen molar-refractivity contribution >= 4 is 33.8 Å². The molecule has 1 unspecified atom stereocenters. The molecular weight excluding hydrogens is 378 g/mol. The highest BCUT2D eigenvalue weighted by atomic mass is 32.2. The summed E-state index contributed by atoms with van der Waals surface area (Å²) in [5.74, 6) is -1.64. The quantitative estimate of drug-likeness (QED) is 0.579. The highest BCUT2D eigenvalue weighted by Crippen LogP contribution is 2.18. The van der Waals surface area contributed by atoms with Gasteiger partial charge in [0, 0.05) is 23.1 Å². The SMILES string of the molecule is CN(NC(=O)OC(C)(C)C)C(=O)C(C)(C)O/N=S1/C=C(CC(=O)O)N=C1N. The number of hydrogen-bond donors (Lipinski definition) is 3. The first kappa shape index (κ1) is 22.6. The lowest BCUT2D eigenvalue weighted by Gasteiger charge is -2.28. The molecule has 1 aliphatic rings. The number of nitrogens with zero attached hydrogens (tertiary/aromatic N) is 3. The van der Waals surface area contributed by atoms with Gasteiger partial charge in [-0.05, 0) is 34.6 Å². The van der Waals surface area contributed by atoms with Crippen molar-refractivity contribution in [2.75, 3.05) is 7.05 Å². The van der Waals surface area contributed by atoms with Crippen molar-refractivity contribution in [1.82, 2.24) is 10.4 Å². The molecule has 1 rings (SSSR count).